The van der Waals surface area contributed by atoms with Crippen molar-refractivity contribution in [1.29, 1.82) is 0 Å². The second-order valence-corrected chi connectivity index (χ2v) is 19.6. The Morgan fingerprint density at radius 2 is 0.929 bits per heavy atom. The SMILES string of the molecule is COC(=O)N[C@H](C(=O)N1CCC[C@H]1c1ncc(-c2ccc(-c3cc4c(-c5ccc(-c6cnc([C@@H]7CCCN7C(=O)[C@@H](NC(=O)OC)C(C)C)[nH]6)cc5)cc3CCc3ccc(cc3)CC4)cc2)[nH]1)C(C)C. The summed E-state index contributed by atoms with van der Waals surface area (Å²) >= 11 is 0. The van der Waals surface area contributed by atoms with E-state index in [9.17, 15) is 19.2 Å². The Morgan fingerprint density at radius 1 is 0.557 bits per heavy atom. The number of nitrogens with zero attached hydrogens (tertiary/aromatic N) is 4. The first-order valence-corrected chi connectivity index (χ1v) is 24.7. The number of nitrogens with one attached hydrogen (secondary N) is 4. The van der Waals surface area contributed by atoms with Gasteiger partial charge in [0.15, 0.2) is 0 Å². The number of carbonyl (C=O) groups excluding carboxylic acids is 4. The van der Waals surface area contributed by atoms with Crippen LogP contribution in [0.25, 0.3) is 44.8 Å². The maximum absolute atomic E-state index is 13.8. The molecule has 4 bridgehead atoms. The molecule has 6 aliphatic rings. The van der Waals surface area contributed by atoms with Gasteiger partial charge in [0, 0.05) is 13.1 Å². The molecule has 4 aromatic carbocycles. The van der Waals surface area contributed by atoms with Crippen LogP contribution in [0, 0.1) is 11.8 Å². The molecule has 12 rings (SSSR count). The Kier molecular flexibility index (Phi) is 14.2. The van der Waals surface area contributed by atoms with Crippen molar-refractivity contribution in [1.82, 2.24) is 40.4 Å². The van der Waals surface area contributed by atoms with Gasteiger partial charge >= 0.3 is 12.2 Å². The monoisotopic (exact) mass is 944 g/mol. The number of rotatable bonds is 12. The second-order valence-electron chi connectivity index (χ2n) is 19.6. The standard InChI is InChI=1S/C56H64N8O6/c1-33(2)49(61-55(67)69-5)53(65)63-27-7-9-47(63)51-57-31-45(59-51)39-23-19-37(20-24-39)43-29-42-18-16-36-13-11-35(12-14-36)15-17-41(43)30-44(42)38-21-25-40(26-22-38)46-32-58-52(60-46)48-10-8-28-64(48)54(66)50(34(3)4)62-56(68)70-6/h11-14,19-26,29-34,47-50H,7-10,15-18,27-28H2,1-6H3,(H,57,59)(H,58,60)(H,61,67)(H,62,68)/t47-,48-,49-,50-/m0/s1. The van der Waals surface area contributed by atoms with Gasteiger partial charge in [-0.15, -0.1) is 0 Å². The summed E-state index contributed by atoms with van der Waals surface area (Å²) in [7, 11) is 2.60. The number of ether oxygens (including phenoxy) is 2. The number of alkyl carbamates (subject to hydrolysis) is 2. The molecule has 2 aliphatic heterocycles. The molecule has 4 aliphatic carbocycles. The lowest BCUT2D eigenvalue weighted by atomic mass is 9.85. The molecule has 14 nitrogen and oxygen atoms in total. The van der Waals surface area contributed by atoms with Crippen molar-refractivity contribution in [2.45, 2.75) is 103 Å². The Labute approximate surface area is 410 Å². The molecular weight excluding hydrogens is 881 g/mol. The van der Waals surface area contributed by atoms with Crippen molar-refractivity contribution in [3.05, 3.63) is 131 Å². The van der Waals surface area contributed by atoms with Gasteiger partial charge in [0.25, 0.3) is 0 Å². The lowest BCUT2D eigenvalue weighted by Gasteiger charge is -2.30. The van der Waals surface area contributed by atoms with E-state index < -0.39 is 24.3 Å². The summed E-state index contributed by atoms with van der Waals surface area (Å²) in [6.07, 6.45) is 9.31. The van der Waals surface area contributed by atoms with Gasteiger partial charge in [-0.2, -0.15) is 0 Å². The Hall–Kier alpha value is -7.22. The highest BCUT2D eigenvalue weighted by molar-refractivity contribution is 5.87. The number of hydrogen-bond donors (Lipinski definition) is 4. The fraction of sp³-hybridized carbons (Fsp3) is 0.393. The molecule has 4 heterocycles. The van der Waals surface area contributed by atoms with Gasteiger partial charge < -0.3 is 39.9 Å². The van der Waals surface area contributed by atoms with Crippen LogP contribution in [0.15, 0.2) is 97.3 Å². The zero-order valence-electron chi connectivity index (χ0n) is 41.0. The summed E-state index contributed by atoms with van der Waals surface area (Å²) in [5.74, 6) is 0.986. The topological polar surface area (TPSA) is 175 Å². The molecule has 14 heteroatoms. The minimum Gasteiger partial charge on any atom is -0.453 e. The van der Waals surface area contributed by atoms with E-state index in [1.165, 1.54) is 47.6 Å². The molecule has 364 valence electrons. The summed E-state index contributed by atoms with van der Waals surface area (Å²) < 4.78 is 9.62. The Balaban J connectivity index is 0.958. The van der Waals surface area contributed by atoms with Crippen molar-refractivity contribution in [2.75, 3.05) is 27.3 Å². The van der Waals surface area contributed by atoms with Gasteiger partial charge in [-0.3, -0.25) is 9.59 Å². The van der Waals surface area contributed by atoms with Crippen LogP contribution in [0.1, 0.15) is 99.4 Å². The molecule has 4 amide bonds. The molecule has 70 heavy (non-hydrogen) atoms. The van der Waals surface area contributed by atoms with Crippen molar-refractivity contribution in [3.63, 3.8) is 0 Å². The van der Waals surface area contributed by atoms with E-state index in [4.69, 9.17) is 19.4 Å². The number of aryl methyl sites for hydroxylation is 4. The summed E-state index contributed by atoms with van der Waals surface area (Å²) in [5.41, 5.74) is 13.7. The maximum Gasteiger partial charge on any atom is 0.407 e. The van der Waals surface area contributed by atoms with Crippen LogP contribution in [0.5, 0.6) is 0 Å². The van der Waals surface area contributed by atoms with E-state index in [2.05, 4.69) is 106 Å². The van der Waals surface area contributed by atoms with Crippen LogP contribution < -0.4 is 10.6 Å². The zero-order valence-corrected chi connectivity index (χ0v) is 41.0. The Morgan fingerprint density at radius 3 is 1.29 bits per heavy atom. The molecule has 4 N–H and O–H groups in total. The normalized spacial score (nSPS) is 17.6. The fourth-order valence-corrected chi connectivity index (χ4v) is 10.4. The predicted octanol–water partition coefficient (Wildman–Crippen LogP) is 9.77. The predicted molar refractivity (Wildman–Crippen MR) is 269 cm³/mol. The number of H-pyrrole nitrogens is 2. The minimum absolute atomic E-state index is 0.111. The van der Waals surface area contributed by atoms with Gasteiger partial charge in [-0.25, -0.2) is 19.6 Å². The molecule has 2 aromatic heterocycles. The first-order valence-electron chi connectivity index (χ1n) is 24.7. The van der Waals surface area contributed by atoms with Crippen molar-refractivity contribution < 1.29 is 28.7 Å². The molecule has 0 unspecified atom stereocenters. The van der Waals surface area contributed by atoms with E-state index in [1.807, 2.05) is 49.9 Å². The number of methoxy groups -OCH3 is 2. The molecule has 6 aromatic rings. The second kappa shape index (κ2) is 20.8. The van der Waals surface area contributed by atoms with E-state index >= 15 is 0 Å². The third-order valence-electron chi connectivity index (χ3n) is 14.4. The number of amides is 4. The average Bonchev–Trinajstić information content (AvgIpc) is 4.23. The number of imidazole rings is 2. The quantitative estimate of drug-likeness (QED) is 0.0938. The smallest absolute Gasteiger partial charge is 0.407 e. The molecule has 0 spiro atoms. The van der Waals surface area contributed by atoms with Gasteiger partial charge in [0.2, 0.25) is 11.8 Å². The van der Waals surface area contributed by atoms with Crippen LogP contribution in [-0.4, -0.2) is 93.1 Å². The Bertz CT molecular complexity index is 2640. The fourth-order valence-electron chi connectivity index (χ4n) is 10.4. The largest absolute Gasteiger partial charge is 0.453 e. The number of carbonyl (C=O) groups is 4. The lowest BCUT2D eigenvalue weighted by Crippen LogP contribution is -2.51. The van der Waals surface area contributed by atoms with Crippen molar-refractivity contribution in [2.24, 2.45) is 11.8 Å². The van der Waals surface area contributed by atoms with Gasteiger partial charge in [0.1, 0.15) is 23.7 Å². The number of hydrogen-bond acceptors (Lipinski definition) is 8. The van der Waals surface area contributed by atoms with Gasteiger partial charge in [0.05, 0.1) is 50.1 Å². The number of benzene rings is 4. The van der Waals surface area contributed by atoms with Crippen molar-refractivity contribution >= 4 is 24.0 Å². The number of aromatic amines is 2. The number of likely N-dealkylation sites (tertiary alicyclic amines) is 2. The van der Waals surface area contributed by atoms with E-state index in [1.54, 1.807) is 0 Å². The number of aromatic nitrogens is 4. The van der Waals surface area contributed by atoms with Gasteiger partial charge in [-0.1, -0.05) is 113 Å². The molecule has 2 saturated heterocycles. The van der Waals surface area contributed by atoms with Crippen molar-refractivity contribution in [3.8, 4) is 44.8 Å². The van der Waals surface area contributed by atoms with Crippen LogP contribution in [0.2, 0.25) is 0 Å². The van der Waals surface area contributed by atoms with Crippen LogP contribution >= 0.6 is 0 Å². The van der Waals surface area contributed by atoms with Crippen LogP contribution in [0.4, 0.5) is 9.59 Å². The maximum atomic E-state index is 13.8. The van der Waals surface area contributed by atoms with Crippen LogP contribution in [-0.2, 0) is 44.7 Å². The molecular formula is C56H64N8O6. The lowest BCUT2D eigenvalue weighted by molar-refractivity contribution is -0.136. The van der Waals surface area contributed by atoms with E-state index in [0.717, 1.165) is 96.7 Å². The van der Waals surface area contributed by atoms with Gasteiger partial charge in [-0.05, 0) is 119 Å². The molecule has 0 saturated carbocycles. The molecule has 4 atom stereocenters. The summed E-state index contributed by atoms with van der Waals surface area (Å²) in [6.45, 7) is 8.85. The third kappa shape index (κ3) is 10.1. The molecule has 2 fully saturated rings. The highest BCUT2D eigenvalue weighted by Gasteiger charge is 2.39. The highest BCUT2D eigenvalue weighted by Crippen LogP contribution is 2.38. The molecule has 0 radical (unpaired) electrons. The first-order chi connectivity index (χ1) is 33.9. The first kappa shape index (κ1) is 47.8. The summed E-state index contributed by atoms with van der Waals surface area (Å²) in [4.78, 5) is 72.0. The van der Waals surface area contributed by atoms with E-state index in [0.29, 0.717) is 13.1 Å². The highest BCUT2D eigenvalue weighted by atomic mass is 16.5. The average molecular weight is 945 g/mol. The zero-order chi connectivity index (χ0) is 49.1. The van der Waals surface area contributed by atoms with Crippen LogP contribution in [0.3, 0.4) is 0 Å². The summed E-state index contributed by atoms with van der Waals surface area (Å²) in [6, 6.07) is 29.4. The minimum atomic E-state index is -0.694. The van der Waals surface area contributed by atoms with E-state index in [-0.39, 0.29) is 35.7 Å². The third-order valence-corrected chi connectivity index (χ3v) is 14.4. The summed E-state index contributed by atoms with van der Waals surface area (Å²) in [5, 5.41) is 5.46.